The molecular weight excluding hydrogens is 406 g/mol. The minimum Gasteiger partial charge on any atom is -0.483 e. The maximum atomic E-state index is 12.5. The Balaban J connectivity index is 1.54. The lowest BCUT2D eigenvalue weighted by atomic mass is 10.1. The van der Waals surface area contributed by atoms with Crippen molar-refractivity contribution in [3.63, 3.8) is 0 Å². The van der Waals surface area contributed by atoms with E-state index in [1.807, 2.05) is 84.9 Å². The number of amides is 1. The number of rotatable bonds is 8. The van der Waals surface area contributed by atoms with Crippen LogP contribution in [0.4, 0.5) is 0 Å². The Hall–Kier alpha value is -3.64. The molecule has 4 rings (SSSR count). The lowest BCUT2D eigenvalue weighted by molar-refractivity contribution is -0.120. The smallest absolute Gasteiger partial charge is 0.224 e. The number of amidine groups is 1. The topological polar surface area (TPSA) is 88.2 Å². The minimum absolute atomic E-state index is 0.0416. The Morgan fingerprint density at radius 2 is 1.71 bits per heavy atom. The zero-order valence-corrected chi connectivity index (χ0v) is 17.7. The number of benzene rings is 3. The van der Waals surface area contributed by atoms with Crippen molar-refractivity contribution in [3.8, 4) is 5.75 Å². The number of nitrogens with two attached hydrogens (primary N) is 1. The fraction of sp³-hybridized carbons (Fsp3) is 0.120. The van der Waals surface area contributed by atoms with Crippen LogP contribution in [0.25, 0.3) is 10.1 Å². The number of nitrogen functional groups attached to an aromatic ring is 1. The molecule has 1 amide bonds. The molecule has 3 aromatic carbocycles. The van der Waals surface area contributed by atoms with E-state index in [0.717, 1.165) is 21.2 Å². The molecule has 0 aliphatic heterocycles. The van der Waals surface area contributed by atoms with Gasteiger partial charge in [-0.15, -0.1) is 11.3 Å². The zero-order valence-electron chi connectivity index (χ0n) is 16.9. The molecule has 0 aliphatic rings. The van der Waals surface area contributed by atoms with E-state index >= 15 is 0 Å². The van der Waals surface area contributed by atoms with Gasteiger partial charge in [-0.2, -0.15) is 0 Å². The molecular formula is C25H23N3O2S. The van der Waals surface area contributed by atoms with Gasteiger partial charge in [0.2, 0.25) is 5.91 Å². The summed E-state index contributed by atoms with van der Waals surface area (Å²) in [5.41, 5.74) is 7.61. The quantitative estimate of drug-likeness (QED) is 0.281. The van der Waals surface area contributed by atoms with Crippen LogP contribution in [-0.4, -0.2) is 18.3 Å². The first-order chi connectivity index (χ1) is 15.1. The summed E-state index contributed by atoms with van der Waals surface area (Å²) in [4.78, 5) is 13.2. The lowest BCUT2D eigenvalue weighted by Crippen LogP contribution is -2.31. The summed E-state index contributed by atoms with van der Waals surface area (Å²) in [6.07, 6.45) is -0.0306. The van der Waals surface area contributed by atoms with Gasteiger partial charge in [-0.3, -0.25) is 10.2 Å². The third-order valence-corrected chi connectivity index (χ3v) is 6.05. The Labute approximate surface area is 185 Å². The summed E-state index contributed by atoms with van der Waals surface area (Å²) in [7, 11) is 0. The van der Waals surface area contributed by atoms with E-state index in [0.29, 0.717) is 23.6 Å². The van der Waals surface area contributed by atoms with E-state index < -0.39 is 0 Å². The van der Waals surface area contributed by atoms with Crippen LogP contribution in [0.5, 0.6) is 5.75 Å². The van der Waals surface area contributed by atoms with Crippen LogP contribution < -0.4 is 15.8 Å². The summed E-state index contributed by atoms with van der Waals surface area (Å²) in [5, 5.41) is 11.6. The maximum Gasteiger partial charge on any atom is 0.224 e. The largest absolute Gasteiger partial charge is 0.483 e. The molecule has 1 aromatic heterocycles. The second kappa shape index (κ2) is 9.45. The van der Waals surface area contributed by atoms with Gasteiger partial charge in [-0.25, -0.2) is 0 Å². The fourth-order valence-electron chi connectivity index (χ4n) is 3.37. The highest BCUT2D eigenvalue weighted by atomic mass is 32.1. The molecule has 1 unspecified atom stereocenters. The van der Waals surface area contributed by atoms with Crippen LogP contribution in [0, 0.1) is 5.41 Å². The molecule has 0 saturated carbocycles. The van der Waals surface area contributed by atoms with E-state index in [2.05, 4.69) is 5.32 Å². The molecule has 0 bridgehead atoms. The predicted molar refractivity (Wildman–Crippen MR) is 126 cm³/mol. The van der Waals surface area contributed by atoms with Crippen molar-refractivity contribution in [3.05, 3.63) is 101 Å². The molecule has 4 aromatic rings. The highest BCUT2D eigenvalue weighted by molar-refractivity contribution is 7.20. The monoisotopic (exact) mass is 429 g/mol. The van der Waals surface area contributed by atoms with E-state index in [4.69, 9.17) is 15.9 Å². The summed E-state index contributed by atoms with van der Waals surface area (Å²) < 4.78 is 7.39. The van der Waals surface area contributed by atoms with Crippen molar-refractivity contribution in [2.75, 3.05) is 6.54 Å². The van der Waals surface area contributed by atoms with Crippen molar-refractivity contribution < 1.29 is 9.53 Å². The van der Waals surface area contributed by atoms with E-state index in [1.165, 1.54) is 11.3 Å². The number of hydrogen-bond donors (Lipinski definition) is 3. The number of nitrogens with one attached hydrogen (secondary N) is 2. The third-order valence-electron chi connectivity index (χ3n) is 4.92. The lowest BCUT2D eigenvalue weighted by Gasteiger charge is -2.21. The summed E-state index contributed by atoms with van der Waals surface area (Å²) in [6, 6.07) is 27.2. The molecule has 31 heavy (non-hydrogen) atoms. The average Bonchev–Trinajstić information content (AvgIpc) is 3.24. The van der Waals surface area contributed by atoms with Crippen LogP contribution >= 0.6 is 11.3 Å². The number of hydrogen-bond acceptors (Lipinski definition) is 4. The second-order valence-electron chi connectivity index (χ2n) is 7.18. The van der Waals surface area contributed by atoms with Gasteiger partial charge >= 0.3 is 0 Å². The molecule has 5 nitrogen and oxygen atoms in total. The Morgan fingerprint density at radius 3 is 2.42 bits per heavy atom. The van der Waals surface area contributed by atoms with Gasteiger partial charge < -0.3 is 15.8 Å². The first kappa shape index (κ1) is 20.6. The van der Waals surface area contributed by atoms with E-state index in [1.54, 1.807) is 0 Å². The highest BCUT2D eigenvalue weighted by Crippen LogP contribution is 2.35. The number of carbonyl (C=O) groups excluding carboxylic acids is 1. The Bertz CT molecular complexity index is 1190. The summed E-state index contributed by atoms with van der Waals surface area (Å²) in [5.74, 6) is 0.690. The van der Waals surface area contributed by atoms with Crippen molar-refractivity contribution in [1.29, 1.82) is 5.41 Å². The van der Waals surface area contributed by atoms with Gasteiger partial charge in [-0.05, 0) is 29.3 Å². The molecule has 0 radical (unpaired) electrons. The van der Waals surface area contributed by atoms with Crippen molar-refractivity contribution in [2.45, 2.75) is 12.5 Å². The first-order valence-electron chi connectivity index (χ1n) is 9.99. The minimum atomic E-state index is -0.354. The molecule has 0 aliphatic carbocycles. The summed E-state index contributed by atoms with van der Waals surface area (Å²) >= 11 is 1.46. The zero-order chi connectivity index (χ0) is 21.6. The molecule has 1 heterocycles. The number of ether oxygens (including phenoxy) is 1. The van der Waals surface area contributed by atoms with Crippen LogP contribution in [0.15, 0.2) is 84.9 Å². The molecule has 6 heteroatoms. The van der Waals surface area contributed by atoms with E-state index in [-0.39, 0.29) is 17.8 Å². The molecule has 4 N–H and O–H groups in total. The van der Waals surface area contributed by atoms with Crippen LogP contribution in [0.2, 0.25) is 0 Å². The van der Waals surface area contributed by atoms with Gasteiger partial charge in [-0.1, -0.05) is 66.7 Å². The van der Waals surface area contributed by atoms with Crippen LogP contribution in [-0.2, 0) is 11.2 Å². The van der Waals surface area contributed by atoms with Crippen molar-refractivity contribution in [1.82, 2.24) is 5.32 Å². The Morgan fingerprint density at radius 1 is 1.00 bits per heavy atom. The van der Waals surface area contributed by atoms with Crippen LogP contribution in [0.1, 0.15) is 22.1 Å². The standard InChI is InChI=1S/C25H23N3O2S/c26-25(27)23-15-19-20(12-7-13-22(19)31-23)30-21(18-10-5-2-6-11-18)16-28-24(29)14-17-8-3-1-4-9-17/h1-13,15,21H,14,16H2,(H3,26,27)(H,28,29). The number of fused-ring (bicyclic) bond motifs is 1. The normalized spacial score (nSPS) is 11.7. The van der Waals surface area contributed by atoms with Gasteiger partial charge in [0.15, 0.2) is 0 Å². The van der Waals surface area contributed by atoms with Gasteiger partial charge in [0.1, 0.15) is 17.7 Å². The molecule has 0 spiro atoms. The van der Waals surface area contributed by atoms with Crippen molar-refractivity contribution >= 4 is 33.2 Å². The maximum absolute atomic E-state index is 12.5. The highest BCUT2D eigenvalue weighted by Gasteiger charge is 2.17. The average molecular weight is 430 g/mol. The Kier molecular flexibility index (Phi) is 6.29. The number of carbonyl (C=O) groups is 1. The predicted octanol–water partition coefficient (Wildman–Crippen LogP) is 4.66. The number of thiophene rings is 1. The van der Waals surface area contributed by atoms with Crippen molar-refractivity contribution in [2.24, 2.45) is 5.73 Å². The molecule has 0 saturated heterocycles. The van der Waals surface area contributed by atoms with Gasteiger partial charge in [0.25, 0.3) is 0 Å². The third kappa shape index (κ3) is 5.10. The molecule has 156 valence electrons. The van der Waals surface area contributed by atoms with Gasteiger partial charge in [0.05, 0.1) is 17.8 Å². The SMILES string of the molecule is N=C(N)c1cc2c(OC(CNC(=O)Cc3ccccc3)c3ccccc3)cccc2s1. The van der Waals surface area contributed by atoms with Crippen LogP contribution in [0.3, 0.4) is 0 Å². The first-order valence-corrected chi connectivity index (χ1v) is 10.8. The molecule has 1 atom stereocenters. The van der Waals surface area contributed by atoms with Gasteiger partial charge in [0, 0.05) is 10.1 Å². The fourth-order valence-corrected chi connectivity index (χ4v) is 4.31. The van der Waals surface area contributed by atoms with E-state index in [9.17, 15) is 4.79 Å². The summed E-state index contributed by atoms with van der Waals surface area (Å²) in [6.45, 7) is 0.343. The molecule has 0 fully saturated rings. The second-order valence-corrected chi connectivity index (χ2v) is 8.26.